The molecule has 3 aliphatic heterocycles. The van der Waals surface area contributed by atoms with Crippen LogP contribution in [0.1, 0.15) is 56.8 Å². The van der Waals surface area contributed by atoms with Crippen LogP contribution in [0.15, 0.2) is 24.3 Å². The Bertz CT molecular complexity index is 1040. The highest BCUT2D eigenvalue weighted by atomic mass is 16.3. The highest BCUT2D eigenvalue weighted by Gasteiger charge is 2.51. The second kappa shape index (κ2) is 12.9. The Kier molecular flexibility index (Phi) is 9.61. The minimum Gasteiger partial charge on any atom is -0.383 e. The summed E-state index contributed by atoms with van der Waals surface area (Å²) in [6.45, 7) is 10.5. The van der Waals surface area contributed by atoms with Crippen molar-refractivity contribution in [2.75, 3.05) is 50.7 Å². The second-order valence-corrected chi connectivity index (χ2v) is 11.6. The molecule has 1 aromatic carbocycles. The molecule has 4 atom stereocenters. The molecule has 1 aromatic rings. The summed E-state index contributed by atoms with van der Waals surface area (Å²) in [7, 11) is 0. The molecular weight excluding hydrogens is 498 g/mol. The van der Waals surface area contributed by atoms with Gasteiger partial charge >= 0.3 is 0 Å². The minimum absolute atomic E-state index is 0.0223. The van der Waals surface area contributed by atoms with Crippen LogP contribution in [0.5, 0.6) is 0 Å². The molecule has 3 aliphatic rings. The molecule has 214 valence electrons. The number of piperazine rings is 1. The van der Waals surface area contributed by atoms with Crippen LogP contribution in [0.4, 0.5) is 5.69 Å². The SMILES string of the molecule is CC(C)CC(O)C(=O)N1CC(=O)C2C1CCN2C(=O)CC(C)CCNC(=O)c1ccc(N2CCNCC2)cc1. The Morgan fingerprint density at radius 3 is 2.41 bits per heavy atom. The van der Waals surface area contributed by atoms with Crippen molar-refractivity contribution in [3.63, 3.8) is 0 Å². The number of carbonyl (C=O) groups is 4. The molecule has 4 unspecified atom stereocenters. The fourth-order valence-electron chi connectivity index (χ4n) is 5.93. The Morgan fingerprint density at radius 2 is 1.74 bits per heavy atom. The van der Waals surface area contributed by atoms with E-state index in [1.807, 2.05) is 45.0 Å². The van der Waals surface area contributed by atoms with Crippen LogP contribution in [0, 0.1) is 11.8 Å². The fourth-order valence-corrected chi connectivity index (χ4v) is 5.93. The van der Waals surface area contributed by atoms with Crippen molar-refractivity contribution in [2.45, 2.75) is 64.6 Å². The van der Waals surface area contributed by atoms with E-state index >= 15 is 0 Å². The largest absolute Gasteiger partial charge is 0.383 e. The first-order chi connectivity index (χ1) is 18.7. The van der Waals surface area contributed by atoms with Crippen molar-refractivity contribution in [1.82, 2.24) is 20.4 Å². The van der Waals surface area contributed by atoms with E-state index in [4.69, 9.17) is 0 Å². The standard InChI is InChI=1S/C29H43N5O5/c1-19(2)16-24(35)29(39)34-18-25(36)27-23(34)9-13-33(27)26(37)17-20(3)8-10-31-28(38)21-4-6-22(7-5-21)32-14-11-30-12-15-32/h4-7,19-20,23-24,27,30,35H,8-18H2,1-3H3,(H,31,38). The minimum atomic E-state index is -1.12. The average Bonchev–Trinajstić information content (AvgIpc) is 3.49. The fraction of sp³-hybridized carbons (Fsp3) is 0.655. The number of benzene rings is 1. The Hall–Kier alpha value is -2.98. The van der Waals surface area contributed by atoms with E-state index in [2.05, 4.69) is 15.5 Å². The first-order valence-electron chi connectivity index (χ1n) is 14.3. The van der Waals surface area contributed by atoms with Crippen molar-refractivity contribution in [1.29, 1.82) is 0 Å². The summed E-state index contributed by atoms with van der Waals surface area (Å²) in [6.07, 6.45) is 0.676. The number of ketones is 1. The molecule has 0 bridgehead atoms. The van der Waals surface area contributed by atoms with Crippen molar-refractivity contribution in [3.8, 4) is 0 Å². The molecule has 0 aliphatic carbocycles. The van der Waals surface area contributed by atoms with Gasteiger partial charge in [-0.25, -0.2) is 0 Å². The van der Waals surface area contributed by atoms with E-state index in [-0.39, 0.29) is 48.4 Å². The van der Waals surface area contributed by atoms with E-state index in [0.717, 1.165) is 31.9 Å². The third-order valence-corrected chi connectivity index (χ3v) is 8.06. The van der Waals surface area contributed by atoms with Crippen molar-refractivity contribution in [2.24, 2.45) is 11.8 Å². The number of likely N-dealkylation sites (tertiary alicyclic amines) is 2. The number of fused-ring (bicyclic) bond motifs is 1. The summed E-state index contributed by atoms with van der Waals surface area (Å²) in [5, 5.41) is 16.6. The molecule has 0 spiro atoms. The summed E-state index contributed by atoms with van der Waals surface area (Å²) >= 11 is 0. The molecular formula is C29H43N5O5. The molecule has 3 N–H and O–H groups in total. The number of anilines is 1. The van der Waals surface area contributed by atoms with Gasteiger partial charge in [-0.1, -0.05) is 20.8 Å². The lowest BCUT2D eigenvalue weighted by molar-refractivity contribution is -0.142. The van der Waals surface area contributed by atoms with Gasteiger partial charge in [0.25, 0.3) is 11.8 Å². The maximum absolute atomic E-state index is 13.1. The molecule has 4 rings (SSSR count). The van der Waals surface area contributed by atoms with Gasteiger partial charge in [0.1, 0.15) is 12.1 Å². The Balaban J connectivity index is 1.22. The van der Waals surface area contributed by atoms with E-state index in [9.17, 15) is 24.3 Å². The number of hydrogen-bond acceptors (Lipinski definition) is 7. The van der Waals surface area contributed by atoms with Crippen molar-refractivity contribution in [3.05, 3.63) is 29.8 Å². The van der Waals surface area contributed by atoms with Gasteiger partial charge in [-0.05, 0) is 55.4 Å². The van der Waals surface area contributed by atoms with Crippen molar-refractivity contribution >= 4 is 29.2 Å². The van der Waals surface area contributed by atoms with Gasteiger partial charge < -0.3 is 30.4 Å². The predicted molar refractivity (Wildman–Crippen MR) is 148 cm³/mol. The van der Waals surface area contributed by atoms with Crippen LogP contribution in [0.2, 0.25) is 0 Å². The molecule has 3 heterocycles. The summed E-state index contributed by atoms with van der Waals surface area (Å²) in [5.74, 6) is -0.609. The topological polar surface area (TPSA) is 122 Å². The van der Waals surface area contributed by atoms with Crippen LogP contribution < -0.4 is 15.5 Å². The van der Waals surface area contributed by atoms with Gasteiger partial charge in [0.05, 0.1) is 12.6 Å². The summed E-state index contributed by atoms with van der Waals surface area (Å²) in [4.78, 5) is 56.6. The maximum atomic E-state index is 13.1. The number of nitrogens with zero attached hydrogens (tertiary/aromatic N) is 3. The lowest BCUT2D eigenvalue weighted by atomic mass is 10.0. The van der Waals surface area contributed by atoms with Crippen molar-refractivity contribution < 1.29 is 24.3 Å². The van der Waals surface area contributed by atoms with Gasteiger partial charge in [-0.2, -0.15) is 0 Å². The van der Waals surface area contributed by atoms with Crippen LogP contribution >= 0.6 is 0 Å². The highest BCUT2D eigenvalue weighted by molar-refractivity contribution is 5.98. The number of nitrogens with one attached hydrogen (secondary N) is 2. The van der Waals surface area contributed by atoms with E-state index in [1.165, 1.54) is 4.90 Å². The van der Waals surface area contributed by atoms with Gasteiger partial charge in [0.15, 0.2) is 5.78 Å². The number of aliphatic hydroxyl groups excluding tert-OH is 1. The monoisotopic (exact) mass is 541 g/mol. The van der Waals surface area contributed by atoms with Gasteiger partial charge in [0, 0.05) is 56.9 Å². The number of carbonyl (C=O) groups excluding carboxylic acids is 4. The molecule has 0 aromatic heterocycles. The quantitative estimate of drug-likeness (QED) is 0.404. The lowest BCUT2D eigenvalue weighted by Crippen LogP contribution is -2.46. The van der Waals surface area contributed by atoms with Crippen LogP contribution in [-0.4, -0.2) is 102 Å². The van der Waals surface area contributed by atoms with Gasteiger partial charge in [0.2, 0.25) is 5.91 Å². The Labute approximate surface area is 231 Å². The zero-order chi connectivity index (χ0) is 28.1. The number of amides is 3. The van der Waals surface area contributed by atoms with Crippen LogP contribution in [0.25, 0.3) is 0 Å². The predicted octanol–water partition coefficient (Wildman–Crippen LogP) is 1.03. The normalized spacial score (nSPS) is 22.7. The zero-order valence-corrected chi connectivity index (χ0v) is 23.4. The number of hydrogen-bond donors (Lipinski definition) is 3. The average molecular weight is 542 g/mol. The smallest absolute Gasteiger partial charge is 0.252 e. The molecule has 3 fully saturated rings. The summed E-state index contributed by atoms with van der Waals surface area (Å²) in [6, 6.07) is 6.67. The number of Topliss-reactive ketones (excluding diaryl/α,β-unsaturated/α-hetero) is 1. The molecule has 10 heteroatoms. The first kappa shape index (κ1) is 29.0. The first-order valence-corrected chi connectivity index (χ1v) is 14.3. The van der Waals surface area contributed by atoms with E-state index < -0.39 is 18.1 Å². The molecule has 39 heavy (non-hydrogen) atoms. The molecule has 3 amide bonds. The maximum Gasteiger partial charge on any atom is 0.252 e. The number of aliphatic hydroxyl groups is 1. The van der Waals surface area contributed by atoms with Crippen LogP contribution in [-0.2, 0) is 14.4 Å². The van der Waals surface area contributed by atoms with Gasteiger partial charge in [-0.15, -0.1) is 0 Å². The third-order valence-electron chi connectivity index (χ3n) is 8.06. The van der Waals surface area contributed by atoms with Gasteiger partial charge in [-0.3, -0.25) is 19.2 Å². The summed E-state index contributed by atoms with van der Waals surface area (Å²) in [5.41, 5.74) is 1.72. The third kappa shape index (κ3) is 6.97. The van der Waals surface area contributed by atoms with Crippen LogP contribution in [0.3, 0.4) is 0 Å². The number of rotatable bonds is 10. The lowest BCUT2D eigenvalue weighted by Gasteiger charge is -2.29. The molecule has 3 saturated heterocycles. The second-order valence-electron chi connectivity index (χ2n) is 11.6. The molecule has 0 radical (unpaired) electrons. The highest BCUT2D eigenvalue weighted by Crippen LogP contribution is 2.31. The molecule has 0 saturated carbocycles. The van der Waals surface area contributed by atoms with E-state index in [0.29, 0.717) is 37.9 Å². The Morgan fingerprint density at radius 1 is 1.05 bits per heavy atom. The zero-order valence-electron chi connectivity index (χ0n) is 23.4. The van der Waals surface area contributed by atoms with E-state index in [1.54, 1.807) is 4.90 Å². The molecule has 10 nitrogen and oxygen atoms in total. The summed E-state index contributed by atoms with van der Waals surface area (Å²) < 4.78 is 0.